The lowest BCUT2D eigenvalue weighted by Crippen LogP contribution is -2.57. The minimum absolute atomic E-state index is 0.350. The van der Waals surface area contributed by atoms with Gasteiger partial charge in [0.05, 0.1) is 12.9 Å². The lowest BCUT2D eigenvalue weighted by Gasteiger charge is -2.37. The van der Waals surface area contributed by atoms with Crippen molar-refractivity contribution in [1.82, 2.24) is 10.6 Å². The van der Waals surface area contributed by atoms with Crippen LogP contribution in [-0.4, -0.2) is 38.0 Å². The first-order valence-corrected chi connectivity index (χ1v) is 7.73. The van der Waals surface area contributed by atoms with Gasteiger partial charge in [0.1, 0.15) is 16.9 Å². The Morgan fingerprint density at radius 2 is 2.27 bits per heavy atom. The second-order valence-corrected chi connectivity index (χ2v) is 6.53. The monoisotopic (exact) mass is 310 g/mol. The van der Waals surface area contributed by atoms with Crippen LogP contribution in [0.5, 0.6) is 0 Å². The van der Waals surface area contributed by atoms with Crippen molar-refractivity contribution in [2.45, 2.75) is 45.3 Å². The van der Waals surface area contributed by atoms with Crippen LogP contribution in [0.3, 0.4) is 0 Å². The molecular weight excluding hydrogens is 284 g/mol. The number of fused-ring (bicyclic) bond motifs is 1. The molecule has 2 rings (SSSR count). The summed E-state index contributed by atoms with van der Waals surface area (Å²) < 4.78 is 16.6. The lowest BCUT2D eigenvalue weighted by atomic mass is 9.89. The summed E-state index contributed by atoms with van der Waals surface area (Å²) in [4.78, 5) is 11.9. The summed E-state index contributed by atoms with van der Waals surface area (Å²) in [5.41, 5.74) is 0.0845. The first kappa shape index (κ1) is 16.8. The first-order chi connectivity index (χ1) is 10.4. The van der Waals surface area contributed by atoms with Crippen molar-refractivity contribution in [3.05, 3.63) is 23.7 Å². The third-order valence-corrected chi connectivity index (χ3v) is 3.53. The standard InChI is InChI=1S/C16H26N2O4/c1-5-20-11-16(10-17-14(19)22-15(2,3)4)13-12(6-8-18-16)7-9-21-13/h7,9,18H,5-6,8,10-11H2,1-4H3,(H,17,19). The Morgan fingerprint density at radius 1 is 1.50 bits per heavy atom. The van der Waals surface area contributed by atoms with Gasteiger partial charge in [0.15, 0.2) is 0 Å². The SMILES string of the molecule is CCOCC1(CNC(=O)OC(C)(C)C)NCCc2ccoc21. The molecule has 0 aliphatic carbocycles. The van der Waals surface area contributed by atoms with Crippen molar-refractivity contribution in [3.8, 4) is 0 Å². The number of alkyl carbamates (subject to hydrolysis) is 1. The van der Waals surface area contributed by atoms with Crippen LogP contribution in [0.4, 0.5) is 4.79 Å². The Hall–Kier alpha value is -1.53. The normalized spacial score (nSPS) is 21.3. The number of furan rings is 1. The first-order valence-electron chi connectivity index (χ1n) is 7.73. The Labute approximate surface area is 131 Å². The van der Waals surface area contributed by atoms with Crippen LogP contribution in [0.2, 0.25) is 0 Å². The van der Waals surface area contributed by atoms with Crippen LogP contribution in [0.1, 0.15) is 39.0 Å². The van der Waals surface area contributed by atoms with Gasteiger partial charge in [-0.3, -0.25) is 0 Å². The fraction of sp³-hybridized carbons (Fsp3) is 0.688. The van der Waals surface area contributed by atoms with E-state index in [2.05, 4.69) is 10.6 Å². The van der Waals surface area contributed by atoms with Crippen LogP contribution in [-0.2, 0) is 21.4 Å². The van der Waals surface area contributed by atoms with Gasteiger partial charge < -0.3 is 24.5 Å². The van der Waals surface area contributed by atoms with E-state index in [-0.39, 0.29) is 0 Å². The molecule has 0 fully saturated rings. The molecule has 0 aromatic carbocycles. The highest BCUT2D eigenvalue weighted by molar-refractivity contribution is 5.67. The number of carbonyl (C=O) groups excluding carboxylic acids is 1. The molecule has 1 aromatic heterocycles. The maximum absolute atomic E-state index is 11.9. The molecule has 0 radical (unpaired) electrons. The summed E-state index contributed by atoms with van der Waals surface area (Å²) in [5, 5.41) is 6.26. The summed E-state index contributed by atoms with van der Waals surface area (Å²) in [5.74, 6) is 0.836. The van der Waals surface area contributed by atoms with Gasteiger partial charge in [-0.25, -0.2) is 4.79 Å². The van der Waals surface area contributed by atoms with Crippen molar-refractivity contribution >= 4 is 6.09 Å². The zero-order chi connectivity index (χ0) is 16.2. The van der Waals surface area contributed by atoms with Crippen molar-refractivity contribution in [2.24, 2.45) is 0 Å². The molecule has 6 nitrogen and oxygen atoms in total. The molecule has 0 bridgehead atoms. The summed E-state index contributed by atoms with van der Waals surface area (Å²) in [6.07, 6.45) is 2.15. The molecular formula is C16H26N2O4. The average molecular weight is 310 g/mol. The average Bonchev–Trinajstić information content (AvgIpc) is 2.91. The van der Waals surface area contributed by atoms with Gasteiger partial charge in [-0.05, 0) is 45.7 Å². The van der Waals surface area contributed by atoms with E-state index in [4.69, 9.17) is 13.9 Å². The van der Waals surface area contributed by atoms with Gasteiger partial charge in [-0.2, -0.15) is 0 Å². The third-order valence-electron chi connectivity index (χ3n) is 3.53. The second-order valence-electron chi connectivity index (χ2n) is 6.53. The topological polar surface area (TPSA) is 72.7 Å². The maximum Gasteiger partial charge on any atom is 0.407 e. The summed E-state index contributed by atoms with van der Waals surface area (Å²) in [6.45, 7) is 9.66. The molecule has 6 heteroatoms. The van der Waals surface area contributed by atoms with Gasteiger partial charge in [0, 0.05) is 19.7 Å². The molecule has 1 aliphatic rings. The summed E-state index contributed by atoms with van der Waals surface area (Å²) in [7, 11) is 0. The van der Waals surface area contributed by atoms with Gasteiger partial charge in [0.25, 0.3) is 0 Å². The van der Waals surface area contributed by atoms with E-state index in [1.807, 2.05) is 33.8 Å². The zero-order valence-corrected chi connectivity index (χ0v) is 13.8. The minimum atomic E-state index is -0.552. The quantitative estimate of drug-likeness (QED) is 0.872. The third kappa shape index (κ3) is 4.01. The zero-order valence-electron chi connectivity index (χ0n) is 13.8. The van der Waals surface area contributed by atoms with E-state index in [1.165, 1.54) is 0 Å². The van der Waals surface area contributed by atoms with Gasteiger partial charge in [0.2, 0.25) is 0 Å². The highest BCUT2D eigenvalue weighted by Gasteiger charge is 2.40. The van der Waals surface area contributed by atoms with E-state index >= 15 is 0 Å². The lowest BCUT2D eigenvalue weighted by molar-refractivity contribution is 0.0390. The molecule has 2 heterocycles. The highest BCUT2D eigenvalue weighted by Crippen LogP contribution is 2.30. The van der Waals surface area contributed by atoms with Gasteiger partial charge in [-0.15, -0.1) is 0 Å². The minimum Gasteiger partial charge on any atom is -0.467 e. The number of hydrogen-bond acceptors (Lipinski definition) is 5. The smallest absolute Gasteiger partial charge is 0.407 e. The van der Waals surface area contributed by atoms with Crippen molar-refractivity contribution in [1.29, 1.82) is 0 Å². The van der Waals surface area contributed by atoms with E-state index in [0.717, 1.165) is 24.3 Å². The van der Waals surface area contributed by atoms with E-state index in [0.29, 0.717) is 19.8 Å². The van der Waals surface area contributed by atoms with Crippen LogP contribution >= 0.6 is 0 Å². The number of ether oxygens (including phenoxy) is 2. The molecule has 1 aromatic rings. The largest absolute Gasteiger partial charge is 0.467 e. The van der Waals surface area contributed by atoms with E-state index in [9.17, 15) is 4.79 Å². The number of nitrogens with one attached hydrogen (secondary N) is 2. The number of rotatable bonds is 5. The fourth-order valence-corrected chi connectivity index (χ4v) is 2.59. The van der Waals surface area contributed by atoms with E-state index in [1.54, 1.807) is 6.26 Å². The fourth-order valence-electron chi connectivity index (χ4n) is 2.59. The molecule has 0 saturated heterocycles. The molecule has 2 N–H and O–H groups in total. The Bertz CT molecular complexity index is 506. The molecule has 1 unspecified atom stereocenters. The predicted molar refractivity (Wildman–Crippen MR) is 82.8 cm³/mol. The molecule has 0 saturated carbocycles. The highest BCUT2D eigenvalue weighted by atomic mass is 16.6. The Kier molecular flexibility index (Phi) is 5.13. The Balaban J connectivity index is 2.10. The predicted octanol–water partition coefficient (Wildman–Crippen LogP) is 2.18. The molecule has 124 valence electrons. The number of hydrogen-bond donors (Lipinski definition) is 2. The maximum atomic E-state index is 11.9. The number of amides is 1. The molecule has 1 amide bonds. The second kappa shape index (κ2) is 6.71. The summed E-state index contributed by atoms with van der Waals surface area (Å²) >= 11 is 0. The van der Waals surface area contributed by atoms with Crippen molar-refractivity contribution in [3.63, 3.8) is 0 Å². The van der Waals surface area contributed by atoms with Gasteiger partial charge >= 0.3 is 6.09 Å². The number of carbonyl (C=O) groups is 1. The molecule has 0 spiro atoms. The van der Waals surface area contributed by atoms with Crippen LogP contribution in [0.25, 0.3) is 0 Å². The molecule has 1 atom stereocenters. The van der Waals surface area contributed by atoms with Crippen LogP contribution in [0.15, 0.2) is 16.7 Å². The van der Waals surface area contributed by atoms with Gasteiger partial charge in [-0.1, -0.05) is 0 Å². The molecule has 22 heavy (non-hydrogen) atoms. The molecule has 1 aliphatic heterocycles. The summed E-state index contributed by atoms with van der Waals surface area (Å²) in [6, 6.07) is 1.98. The van der Waals surface area contributed by atoms with E-state index < -0.39 is 17.2 Å². The van der Waals surface area contributed by atoms with Crippen molar-refractivity contribution in [2.75, 3.05) is 26.3 Å². The van der Waals surface area contributed by atoms with Crippen molar-refractivity contribution < 1.29 is 18.7 Å². The van der Waals surface area contributed by atoms with Crippen LogP contribution < -0.4 is 10.6 Å². The van der Waals surface area contributed by atoms with Crippen LogP contribution in [0, 0.1) is 0 Å². The Morgan fingerprint density at radius 3 is 2.95 bits per heavy atom.